The lowest BCUT2D eigenvalue weighted by Gasteiger charge is -2.45. The molecule has 1 saturated heterocycles. The van der Waals surface area contributed by atoms with E-state index in [4.69, 9.17) is 16.3 Å². The van der Waals surface area contributed by atoms with Crippen LogP contribution in [-0.2, 0) is 0 Å². The van der Waals surface area contributed by atoms with E-state index < -0.39 is 11.7 Å². The Morgan fingerprint density at radius 1 is 1.32 bits per heavy atom. The van der Waals surface area contributed by atoms with Gasteiger partial charge in [0.1, 0.15) is 18.0 Å². The molecule has 0 aliphatic carbocycles. The van der Waals surface area contributed by atoms with Crippen LogP contribution >= 0.6 is 11.6 Å². The monoisotopic (exact) mass is 369 g/mol. The van der Waals surface area contributed by atoms with Crippen LogP contribution < -0.4 is 4.74 Å². The summed E-state index contributed by atoms with van der Waals surface area (Å²) in [6, 6.07) is 6.02. The molecule has 142 valence electrons. The summed E-state index contributed by atoms with van der Waals surface area (Å²) >= 11 is 6.18. The van der Waals surface area contributed by atoms with E-state index in [2.05, 4.69) is 18.7 Å². The number of β-amino-alcohol motifs (C(OH)–C–C–N with tert-alkyl or cyclic N) is 1. The molecule has 0 amide bonds. The largest absolute Gasteiger partial charge is 0.489 e. The van der Waals surface area contributed by atoms with Crippen LogP contribution in [-0.4, -0.2) is 52.6 Å². The van der Waals surface area contributed by atoms with Gasteiger partial charge in [0.25, 0.3) is 0 Å². The molecule has 0 radical (unpaired) electrons. The first-order valence-corrected chi connectivity index (χ1v) is 9.80. The van der Waals surface area contributed by atoms with E-state index in [1.807, 2.05) is 19.1 Å². The van der Waals surface area contributed by atoms with Gasteiger partial charge in [-0.05, 0) is 43.9 Å². The topological polar surface area (TPSA) is 52.9 Å². The third-order valence-corrected chi connectivity index (χ3v) is 5.42. The summed E-state index contributed by atoms with van der Waals surface area (Å²) in [5.74, 6) is 0.554. The predicted molar refractivity (Wildman–Crippen MR) is 102 cm³/mol. The maximum atomic E-state index is 11.1. The van der Waals surface area contributed by atoms with Crippen LogP contribution in [0.5, 0.6) is 5.75 Å². The van der Waals surface area contributed by atoms with Crippen molar-refractivity contribution < 1.29 is 14.9 Å². The van der Waals surface area contributed by atoms with Gasteiger partial charge in [0.05, 0.1) is 11.1 Å². The Morgan fingerprint density at radius 3 is 2.64 bits per heavy atom. The highest BCUT2D eigenvalue weighted by atomic mass is 35.5. The fourth-order valence-corrected chi connectivity index (χ4v) is 3.82. The second-order valence-corrected chi connectivity index (χ2v) is 7.74. The highest BCUT2D eigenvalue weighted by Crippen LogP contribution is 2.30. The van der Waals surface area contributed by atoms with E-state index in [-0.39, 0.29) is 6.61 Å². The minimum atomic E-state index is -1.27. The average Bonchev–Trinajstić information content (AvgIpc) is 2.58. The first kappa shape index (κ1) is 20.5. The molecule has 1 fully saturated rings. The highest BCUT2D eigenvalue weighted by Gasteiger charge is 2.43. The summed E-state index contributed by atoms with van der Waals surface area (Å²) in [6.45, 7) is 7.64. The van der Waals surface area contributed by atoms with Crippen LogP contribution in [0.15, 0.2) is 18.2 Å². The number of aryl methyl sites for hydroxylation is 1. The molecule has 0 saturated carbocycles. The van der Waals surface area contributed by atoms with Crippen molar-refractivity contribution in [2.45, 2.75) is 70.6 Å². The Kier molecular flexibility index (Phi) is 7.56. The first-order valence-electron chi connectivity index (χ1n) is 9.43. The Bertz CT molecular complexity index is 548. The lowest BCUT2D eigenvalue weighted by Crippen LogP contribution is -2.61. The van der Waals surface area contributed by atoms with Crippen molar-refractivity contribution in [2.24, 2.45) is 0 Å². The van der Waals surface area contributed by atoms with Crippen molar-refractivity contribution >= 4 is 11.6 Å². The Hall–Kier alpha value is -0.810. The van der Waals surface area contributed by atoms with Gasteiger partial charge in [-0.15, -0.1) is 0 Å². The minimum Gasteiger partial charge on any atom is -0.489 e. The third-order valence-electron chi connectivity index (χ3n) is 5.11. The number of ether oxygens (including phenoxy) is 1. The van der Waals surface area contributed by atoms with Gasteiger partial charge in [-0.25, -0.2) is 0 Å². The number of rotatable bonds is 8. The van der Waals surface area contributed by atoms with Crippen molar-refractivity contribution in [2.75, 3.05) is 19.7 Å². The molecule has 2 atom stereocenters. The summed E-state index contributed by atoms with van der Waals surface area (Å²) in [4.78, 5) is 2.32. The molecule has 1 aromatic carbocycles. The predicted octanol–water partition coefficient (Wildman–Crippen LogP) is 3.79. The molecule has 0 unspecified atom stereocenters. The number of aliphatic hydroxyl groups excluding tert-OH is 1. The van der Waals surface area contributed by atoms with Crippen LogP contribution in [0.3, 0.4) is 0 Å². The maximum absolute atomic E-state index is 11.1. The second-order valence-electron chi connectivity index (χ2n) is 7.33. The van der Waals surface area contributed by atoms with Gasteiger partial charge >= 0.3 is 0 Å². The molecule has 4 nitrogen and oxygen atoms in total. The van der Waals surface area contributed by atoms with Gasteiger partial charge in [0.15, 0.2) is 0 Å². The Balaban J connectivity index is 2.06. The zero-order valence-corrected chi connectivity index (χ0v) is 16.4. The lowest BCUT2D eigenvalue weighted by molar-refractivity contribution is -0.146. The molecule has 25 heavy (non-hydrogen) atoms. The van der Waals surface area contributed by atoms with Crippen molar-refractivity contribution in [3.63, 3.8) is 0 Å². The van der Waals surface area contributed by atoms with Crippen LogP contribution in [0.4, 0.5) is 0 Å². The highest BCUT2D eigenvalue weighted by molar-refractivity contribution is 6.32. The summed E-state index contributed by atoms with van der Waals surface area (Å²) in [5, 5.41) is 22.0. The maximum Gasteiger partial charge on any atom is 0.138 e. The summed E-state index contributed by atoms with van der Waals surface area (Å²) in [7, 11) is 0. The molecule has 1 aromatic rings. The summed E-state index contributed by atoms with van der Waals surface area (Å²) < 4.78 is 5.81. The standard InChI is InChI=1S/C20H32ClNO3/c1-4-6-16(7-5-2)22-11-10-19(23)20(24,13-22)14-25-18-12-15(3)8-9-17(18)21/h8-9,12,16,19,23-24H,4-7,10-11,13-14H2,1-3H3/t19-,20-/m0/s1. The van der Waals surface area contributed by atoms with Gasteiger partial charge in [-0.3, -0.25) is 4.90 Å². The van der Waals surface area contributed by atoms with E-state index in [9.17, 15) is 10.2 Å². The number of likely N-dealkylation sites (tertiary alicyclic amines) is 1. The van der Waals surface area contributed by atoms with Gasteiger partial charge in [0, 0.05) is 19.1 Å². The number of aliphatic hydroxyl groups is 2. The Labute approximate surface area is 156 Å². The fourth-order valence-electron chi connectivity index (χ4n) is 3.65. The summed E-state index contributed by atoms with van der Waals surface area (Å²) in [6.07, 6.45) is 4.26. The lowest BCUT2D eigenvalue weighted by atomic mass is 9.88. The first-order chi connectivity index (χ1) is 11.9. The van der Waals surface area contributed by atoms with Crippen LogP contribution in [0.25, 0.3) is 0 Å². The quantitative estimate of drug-likeness (QED) is 0.732. The third kappa shape index (κ3) is 5.33. The van der Waals surface area contributed by atoms with Crippen molar-refractivity contribution in [3.8, 4) is 5.75 Å². The Morgan fingerprint density at radius 2 is 2.00 bits per heavy atom. The number of halogens is 1. The van der Waals surface area contributed by atoms with E-state index in [0.29, 0.717) is 29.8 Å². The zero-order chi connectivity index (χ0) is 18.4. The molecule has 5 heteroatoms. The molecule has 2 N–H and O–H groups in total. The van der Waals surface area contributed by atoms with Crippen molar-refractivity contribution in [1.29, 1.82) is 0 Å². The van der Waals surface area contributed by atoms with E-state index in [1.54, 1.807) is 6.07 Å². The number of hydrogen-bond donors (Lipinski definition) is 2. The van der Waals surface area contributed by atoms with E-state index >= 15 is 0 Å². The molecular weight excluding hydrogens is 338 g/mol. The molecule has 1 aliphatic heterocycles. The van der Waals surface area contributed by atoms with Gasteiger partial charge in [-0.1, -0.05) is 44.4 Å². The number of hydrogen-bond acceptors (Lipinski definition) is 4. The van der Waals surface area contributed by atoms with Gasteiger partial charge in [-0.2, -0.15) is 0 Å². The smallest absolute Gasteiger partial charge is 0.138 e. The normalized spacial score (nSPS) is 24.7. The molecular formula is C20H32ClNO3. The zero-order valence-electron chi connectivity index (χ0n) is 15.7. The van der Waals surface area contributed by atoms with E-state index in [1.165, 1.54) is 0 Å². The molecule has 1 heterocycles. The molecule has 0 spiro atoms. The fraction of sp³-hybridized carbons (Fsp3) is 0.700. The second kappa shape index (κ2) is 9.22. The SMILES string of the molecule is CCCC(CCC)N1CC[C@H](O)[C@@](O)(COc2cc(C)ccc2Cl)C1. The van der Waals surface area contributed by atoms with Crippen LogP contribution in [0, 0.1) is 6.92 Å². The van der Waals surface area contributed by atoms with Crippen molar-refractivity contribution in [1.82, 2.24) is 4.90 Å². The summed E-state index contributed by atoms with van der Waals surface area (Å²) in [5.41, 5.74) is -0.228. The van der Waals surface area contributed by atoms with E-state index in [0.717, 1.165) is 37.8 Å². The molecule has 0 aromatic heterocycles. The van der Waals surface area contributed by atoms with Crippen molar-refractivity contribution in [3.05, 3.63) is 28.8 Å². The number of benzene rings is 1. The molecule has 2 rings (SSSR count). The molecule has 1 aliphatic rings. The van der Waals surface area contributed by atoms with Crippen LogP contribution in [0.1, 0.15) is 51.5 Å². The number of piperidine rings is 1. The van der Waals surface area contributed by atoms with Gasteiger partial charge in [0.2, 0.25) is 0 Å². The minimum absolute atomic E-state index is 0.0405. The van der Waals surface area contributed by atoms with Gasteiger partial charge < -0.3 is 14.9 Å². The van der Waals surface area contributed by atoms with Crippen LogP contribution in [0.2, 0.25) is 5.02 Å². The molecule has 0 bridgehead atoms. The number of nitrogens with zero attached hydrogens (tertiary/aromatic N) is 1. The average molecular weight is 370 g/mol.